The molecule has 1 rings (SSSR count). The molecule has 1 N–H and O–H groups in total. The van der Waals surface area contributed by atoms with Crippen LogP contribution in [0.2, 0.25) is 0 Å². The molecule has 0 aromatic carbocycles. The SMILES string of the molecule is O=S(=O)(O)c1cocn1. The first-order valence-corrected chi connectivity index (χ1v) is 3.40. The quantitative estimate of drug-likeness (QED) is 0.565. The van der Waals surface area contributed by atoms with Crippen LogP contribution in [0.5, 0.6) is 0 Å². The summed E-state index contributed by atoms with van der Waals surface area (Å²) in [5, 5.41) is -0.470. The lowest BCUT2D eigenvalue weighted by molar-refractivity contribution is 0.478. The number of hydrogen-bond acceptors (Lipinski definition) is 4. The highest BCUT2D eigenvalue weighted by atomic mass is 32.2. The van der Waals surface area contributed by atoms with Gasteiger partial charge in [-0.3, -0.25) is 4.55 Å². The molecule has 0 unspecified atom stereocenters. The number of rotatable bonds is 1. The Bertz CT molecular complexity index is 273. The maximum atomic E-state index is 10.1. The van der Waals surface area contributed by atoms with Gasteiger partial charge in [0, 0.05) is 0 Å². The van der Waals surface area contributed by atoms with Crippen molar-refractivity contribution in [3.63, 3.8) is 0 Å². The number of oxazole rings is 1. The van der Waals surface area contributed by atoms with Gasteiger partial charge in [0.05, 0.1) is 0 Å². The van der Waals surface area contributed by atoms with Gasteiger partial charge in [-0.1, -0.05) is 0 Å². The molecule has 0 saturated heterocycles. The molecule has 1 aromatic heterocycles. The van der Waals surface area contributed by atoms with Crippen molar-refractivity contribution in [2.45, 2.75) is 5.03 Å². The zero-order valence-corrected chi connectivity index (χ0v) is 5.00. The van der Waals surface area contributed by atoms with Crippen molar-refractivity contribution in [3.8, 4) is 0 Å². The van der Waals surface area contributed by atoms with Crippen molar-refractivity contribution in [2.75, 3.05) is 0 Å². The van der Waals surface area contributed by atoms with Crippen LogP contribution in [0.3, 0.4) is 0 Å². The lowest BCUT2D eigenvalue weighted by Crippen LogP contribution is -1.96. The summed E-state index contributed by atoms with van der Waals surface area (Å²) in [6.45, 7) is 0. The largest absolute Gasteiger partial charge is 0.450 e. The van der Waals surface area contributed by atoms with E-state index in [9.17, 15) is 8.42 Å². The smallest absolute Gasteiger partial charge is 0.315 e. The highest BCUT2D eigenvalue weighted by molar-refractivity contribution is 7.85. The Morgan fingerprint density at radius 3 is 2.56 bits per heavy atom. The molecular formula is C3H3NO4S. The fourth-order valence-corrected chi connectivity index (χ4v) is 0.682. The first-order chi connectivity index (χ1) is 4.11. The van der Waals surface area contributed by atoms with Gasteiger partial charge in [0.2, 0.25) is 5.03 Å². The second-order valence-electron chi connectivity index (χ2n) is 1.30. The average molecular weight is 149 g/mol. The molecule has 0 spiro atoms. The van der Waals surface area contributed by atoms with Gasteiger partial charge in [0.25, 0.3) is 0 Å². The Balaban J connectivity index is 3.20. The van der Waals surface area contributed by atoms with Crippen LogP contribution in [0.25, 0.3) is 0 Å². The average Bonchev–Trinajstić information content (AvgIpc) is 2.08. The van der Waals surface area contributed by atoms with E-state index in [0.717, 1.165) is 12.7 Å². The van der Waals surface area contributed by atoms with Crippen LogP contribution in [0, 0.1) is 0 Å². The molecule has 0 aliphatic rings. The van der Waals surface area contributed by atoms with E-state index in [0.29, 0.717) is 0 Å². The Kier molecular flexibility index (Phi) is 1.26. The molecule has 0 radical (unpaired) electrons. The number of nitrogens with zero attached hydrogens (tertiary/aromatic N) is 1. The minimum absolute atomic E-state index is 0.470. The normalized spacial score (nSPS) is 11.7. The van der Waals surface area contributed by atoms with Gasteiger partial charge < -0.3 is 4.42 Å². The molecule has 1 heterocycles. The summed E-state index contributed by atoms with van der Waals surface area (Å²) in [6, 6.07) is 0. The van der Waals surface area contributed by atoms with Gasteiger partial charge >= 0.3 is 10.1 Å². The molecule has 50 valence electrons. The van der Waals surface area contributed by atoms with Gasteiger partial charge in [-0.2, -0.15) is 8.42 Å². The molecule has 0 amide bonds. The Hall–Kier alpha value is -0.880. The van der Waals surface area contributed by atoms with E-state index in [4.69, 9.17) is 4.55 Å². The van der Waals surface area contributed by atoms with Crippen LogP contribution >= 0.6 is 0 Å². The van der Waals surface area contributed by atoms with Gasteiger partial charge in [-0.05, 0) is 0 Å². The van der Waals surface area contributed by atoms with E-state index in [1.54, 1.807) is 0 Å². The molecule has 6 heteroatoms. The summed E-state index contributed by atoms with van der Waals surface area (Å²) >= 11 is 0. The van der Waals surface area contributed by atoms with Crippen LogP contribution in [-0.4, -0.2) is 18.0 Å². The van der Waals surface area contributed by atoms with Gasteiger partial charge in [0.15, 0.2) is 6.39 Å². The van der Waals surface area contributed by atoms with Gasteiger partial charge in [-0.25, -0.2) is 4.98 Å². The summed E-state index contributed by atoms with van der Waals surface area (Å²) in [5.74, 6) is 0. The Morgan fingerprint density at radius 2 is 2.33 bits per heavy atom. The third-order valence-electron chi connectivity index (χ3n) is 0.674. The van der Waals surface area contributed by atoms with Crippen molar-refractivity contribution in [1.82, 2.24) is 4.98 Å². The fraction of sp³-hybridized carbons (Fsp3) is 0. The highest BCUT2D eigenvalue weighted by Crippen LogP contribution is 2.01. The molecule has 5 nitrogen and oxygen atoms in total. The zero-order valence-electron chi connectivity index (χ0n) is 4.18. The van der Waals surface area contributed by atoms with Gasteiger partial charge in [-0.15, -0.1) is 0 Å². The zero-order chi connectivity index (χ0) is 6.91. The Labute approximate surface area is 51.1 Å². The predicted octanol–water partition coefficient (Wildman–Crippen LogP) is -0.0787. The van der Waals surface area contributed by atoms with Crippen LogP contribution in [0.1, 0.15) is 0 Å². The molecule has 0 bridgehead atoms. The van der Waals surface area contributed by atoms with E-state index >= 15 is 0 Å². The standard InChI is InChI=1S/C3H3NO4S/c5-9(6,7)3-1-8-2-4-3/h1-2H,(H,5,6,7). The molecule has 9 heavy (non-hydrogen) atoms. The van der Waals surface area contributed by atoms with Crippen molar-refractivity contribution >= 4 is 10.1 Å². The Morgan fingerprint density at radius 1 is 1.67 bits per heavy atom. The molecule has 0 fully saturated rings. The predicted molar refractivity (Wildman–Crippen MR) is 26.3 cm³/mol. The third kappa shape index (κ3) is 1.27. The first kappa shape index (κ1) is 6.24. The van der Waals surface area contributed by atoms with E-state index in [-0.39, 0.29) is 0 Å². The molecule has 0 aliphatic carbocycles. The summed E-state index contributed by atoms with van der Waals surface area (Å²) in [5.41, 5.74) is 0. The summed E-state index contributed by atoms with van der Waals surface area (Å²) in [4.78, 5) is 3.18. The molecular weight excluding hydrogens is 146 g/mol. The van der Waals surface area contributed by atoms with Crippen molar-refractivity contribution < 1.29 is 17.4 Å². The lowest BCUT2D eigenvalue weighted by Gasteiger charge is -1.82. The van der Waals surface area contributed by atoms with Crippen molar-refractivity contribution in [3.05, 3.63) is 12.7 Å². The second kappa shape index (κ2) is 1.82. The summed E-state index contributed by atoms with van der Waals surface area (Å²) in [6.07, 6.45) is 1.76. The maximum absolute atomic E-state index is 10.1. The molecule has 0 atom stereocenters. The topological polar surface area (TPSA) is 80.4 Å². The van der Waals surface area contributed by atoms with Crippen LogP contribution in [-0.2, 0) is 10.1 Å². The van der Waals surface area contributed by atoms with Crippen LogP contribution in [0.15, 0.2) is 22.1 Å². The minimum atomic E-state index is -4.16. The van der Waals surface area contributed by atoms with Crippen LogP contribution < -0.4 is 0 Å². The second-order valence-corrected chi connectivity index (χ2v) is 2.67. The third-order valence-corrected chi connectivity index (χ3v) is 1.40. The molecule has 0 saturated carbocycles. The fourth-order valence-electron chi connectivity index (χ4n) is 0.329. The maximum Gasteiger partial charge on any atom is 0.315 e. The first-order valence-electron chi connectivity index (χ1n) is 1.96. The van der Waals surface area contributed by atoms with Crippen molar-refractivity contribution in [1.29, 1.82) is 0 Å². The molecule has 0 aliphatic heterocycles. The number of hydrogen-bond donors (Lipinski definition) is 1. The van der Waals surface area contributed by atoms with Crippen molar-refractivity contribution in [2.24, 2.45) is 0 Å². The lowest BCUT2D eigenvalue weighted by atomic mass is 11.0. The highest BCUT2D eigenvalue weighted by Gasteiger charge is 2.11. The van der Waals surface area contributed by atoms with Crippen LogP contribution in [0.4, 0.5) is 0 Å². The monoisotopic (exact) mass is 149 g/mol. The van der Waals surface area contributed by atoms with Gasteiger partial charge in [0.1, 0.15) is 6.26 Å². The van der Waals surface area contributed by atoms with E-state index < -0.39 is 15.1 Å². The summed E-state index contributed by atoms with van der Waals surface area (Å²) < 4.78 is 32.8. The van der Waals surface area contributed by atoms with E-state index in [1.165, 1.54) is 0 Å². The summed E-state index contributed by atoms with van der Waals surface area (Å²) in [7, 11) is -4.16. The van der Waals surface area contributed by atoms with E-state index in [2.05, 4.69) is 9.40 Å². The number of aromatic nitrogens is 1. The molecule has 1 aromatic rings. The minimum Gasteiger partial charge on any atom is -0.450 e. The van der Waals surface area contributed by atoms with E-state index in [1.807, 2.05) is 0 Å².